The Balaban J connectivity index is 2.02. The number of carbonyl (C=O) groups excluding carboxylic acids is 1. The van der Waals surface area contributed by atoms with Crippen LogP contribution in [-0.2, 0) is 7.05 Å². The first-order valence-electron chi connectivity index (χ1n) is 6.97. The van der Waals surface area contributed by atoms with Gasteiger partial charge in [-0.3, -0.25) is 14.3 Å². The van der Waals surface area contributed by atoms with E-state index in [2.05, 4.69) is 10.4 Å². The number of carbonyl (C=O) groups is 1. The number of fused-ring (bicyclic) bond motifs is 1. The minimum atomic E-state index is -0.623. The zero-order chi connectivity index (χ0) is 17.3. The highest BCUT2D eigenvalue weighted by Gasteiger charge is 2.17. The molecule has 0 fully saturated rings. The van der Waals surface area contributed by atoms with E-state index in [4.69, 9.17) is 16.9 Å². The molecule has 1 N–H and O–H groups in total. The summed E-state index contributed by atoms with van der Waals surface area (Å²) in [5, 5.41) is 16.2. The van der Waals surface area contributed by atoms with E-state index in [1.54, 1.807) is 43.4 Å². The standard InChI is InChI=1S/C17H11ClN4O2/c1-22-14-7-4-11(18)8-13(14)16(23)15(21-22)17(24)20-12-5-2-10(9-19)3-6-12/h2-8H,1H3,(H,20,24). The van der Waals surface area contributed by atoms with Crippen LogP contribution in [0.4, 0.5) is 5.69 Å². The van der Waals surface area contributed by atoms with E-state index >= 15 is 0 Å². The average molecular weight is 339 g/mol. The SMILES string of the molecule is Cn1nc(C(=O)Nc2ccc(C#N)cc2)c(=O)c2cc(Cl)ccc21. The highest BCUT2D eigenvalue weighted by molar-refractivity contribution is 6.31. The van der Waals surface area contributed by atoms with Gasteiger partial charge in [0, 0.05) is 17.8 Å². The van der Waals surface area contributed by atoms with E-state index in [0.717, 1.165) is 0 Å². The number of benzene rings is 2. The molecular formula is C17H11ClN4O2. The van der Waals surface area contributed by atoms with Gasteiger partial charge in [0.05, 0.1) is 22.5 Å². The predicted molar refractivity (Wildman–Crippen MR) is 91.1 cm³/mol. The van der Waals surface area contributed by atoms with Crippen LogP contribution < -0.4 is 10.7 Å². The van der Waals surface area contributed by atoms with E-state index in [0.29, 0.717) is 27.2 Å². The molecule has 0 atom stereocenters. The Hall–Kier alpha value is -3.17. The number of nitriles is 1. The van der Waals surface area contributed by atoms with Crippen molar-refractivity contribution in [3.05, 3.63) is 69.0 Å². The molecule has 24 heavy (non-hydrogen) atoms. The molecule has 7 heteroatoms. The van der Waals surface area contributed by atoms with Crippen LogP contribution >= 0.6 is 11.6 Å². The molecule has 0 saturated carbocycles. The van der Waals surface area contributed by atoms with Crippen molar-refractivity contribution in [2.24, 2.45) is 7.05 Å². The van der Waals surface area contributed by atoms with Crippen LogP contribution in [-0.4, -0.2) is 15.7 Å². The van der Waals surface area contributed by atoms with Crippen molar-refractivity contribution in [1.82, 2.24) is 9.78 Å². The number of amides is 1. The molecule has 1 amide bonds. The van der Waals surface area contributed by atoms with E-state index in [9.17, 15) is 9.59 Å². The molecule has 3 rings (SSSR count). The quantitative estimate of drug-likeness (QED) is 0.778. The minimum absolute atomic E-state index is 0.225. The zero-order valence-electron chi connectivity index (χ0n) is 12.6. The van der Waals surface area contributed by atoms with E-state index in [1.165, 1.54) is 10.7 Å². The molecular weight excluding hydrogens is 328 g/mol. The van der Waals surface area contributed by atoms with E-state index < -0.39 is 11.3 Å². The Morgan fingerprint density at radius 2 is 1.96 bits per heavy atom. The molecule has 0 spiro atoms. The van der Waals surface area contributed by atoms with Gasteiger partial charge in [-0.1, -0.05) is 11.6 Å². The number of nitrogens with one attached hydrogen (secondary N) is 1. The molecule has 3 aromatic rings. The van der Waals surface area contributed by atoms with Crippen molar-refractivity contribution in [1.29, 1.82) is 5.26 Å². The minimum Gasteiger partial charge on any atom is -0.320 e. The van der Waals surface area contributed by atoms with Gasteiger partial charge in [-0.25, -0.2) is 0 Å². The van der Waals surface area contributed by atoms with Gasteiger partial charge in [0.2, 0.25) is 5.43 Å². The number of hydrogen-bond donors (Lipinski definition) is 1. The smallest absolute Gasteiger partial charge is 0.280 e. The van der Waals surface area contributed by atoms with Crippen LogP contribution in [0.3, 0.4) is 0 Å². The van der Waals surface area contributed by atoms with Gasteiger partial charge in [0.15, 0.2) is 5.69 Å². The van der Waals surface area contributed by atoms with Crippen LogP contribution in [0.25, 0.3) is 10.9 Å². The molecule has 1 aromatic heterocycles. The first-order valence-corrected chi connectivity index (χ1v) is 7.35. The first kappa shape index (κ1) is 15.7. The summed E-state index contributed by atoms with van der Waals surface area (Å²) in [7, 11) is 1.65. The molecule has 0 aliphatic carbocycles. The number of halogens is 1. The van der Waals surface area contributed by atoms with Gasteiger partial charge in [-0.15, -0.1) is 0 Å². The Morgan fingerprint density at radius 1 is 1.25 bits per heavy atom. The number of aromatic nitrogens is 2. The largest absolute Gasteiger partial charge is 0.320 e. The molecule has 0 aliphatic rings. The maximum absolute atomic E-state index is 12.5. The van der Waals surface area contributed by atoms with Crippen LogP contribution in [0.15, 0.2) is 47.3 Å². The Kier molecular flexibility index (Phi) is 4.02. The summed E-state index contributed by atoms with van der Waals surface area (Å²) in [6, 6.07) is 13.1. The highest BCUT2D eigenvalue weighted by atomic mass is 35.5. The van der Waals surface area contributed by atoms with Crippen molar-refractivity contribution < 1.29 is 4.79 Å². The summed E-state index contributed by atoms with van der Waals surface area (Å²) in [5.74, 6) is -0.623. The van der Waals surface area contributed by atoms with Gasteiger partial charge in [0.1, 0.15) is 0 Å². The number of hydrogen-bond acceptors (Lipinski definition) is 4. The molecule has 1 heterocycles. The van der Waals surface area contributed by atoms with Crippen molar-refractivity contribution in [2.45, 2.75) is 0 Å². The van der Waals surface area contributed by atoms with E-state index in [-0.39, 0.29) is 5.69 Å². The Morgan fingerprint density at radius 3 is 2.62 bits per heavy atom. The highest BCUT2D eigenvalue weighted by Crippen LogP contribution is 2.16. The summed E-state index contributed by atoms with van der Waals surface area (Å²) in [5.41, 5.74) is 0.809. The van der Waals surface area contributed by atoms with Crippen molar-refractivity contribution in [3.8, 4) is 6.07 Å². The van der Waals surface area contributed by atoms with Crippen LogP contribution in [0.1, 0.15) is 16.1 Å². The van der Waals surface area contributed by atoms with Gasteiger partial charge in [-0.2, -0.15) is 10.4 Å². The van der Waals surface area contributed by atoms with Crippen LogP contribution in [0.5, 0.6) is 0 Å². The van der Waals surface area contributed by atoms with Gasteiger partial charge in [-0.05, 0) is 42.5 Å². The lowest BCUT2D eigenvalue weighted by Crippen LogP contribution is -2.26. The summed E-state index contributed by atoms with van der Waals surface area (Å²) >= 11 is 5.94. The summed E-state index contributed by atoms with van der Waals surface area (Å²) in [6.45, 7) is 0. The summed E-state index contributed by atoms with van der Waals surface area (Å²) in [6.07, 6.45) is 0. The Bertz CT molecular complexity index is 1050. The fraction of sp³-hybridized carbons (Fsp3) is 0.0588. The zero-order valence-corrected chi connectivity index (χ0v) is 13.3. The average Bonchev–Trinajstić information content (AvgIpc) is 2.58. The fourth-order valence-electron chi connectivity index (χ4n) is 2.32. The molecule has 0 bridgehead atoms. The molecule has 0 radical (unpaired) electrons. The maximum atomic E-state index is 12.5. The van der Waals surface area contributed by atoms with Gasteiger partial charge < -0.3 is 5.32 Å². The predicted octanol–water partition coefficient (Wildman–Crippen LogP) is 2.71. The molecule has 2 aromatic carbocycles. The third kappa shape index (κ3) is 2.85. The molecule has 0 unspecified atom stereocenters. The number of aryl methyl sites for hydroxylation is 1. The third-order valence-corrected chi connectivity index (χ3v) is 3.74. The second-order valence-corrected chi connectivity index (χ2v) is 5.54. The molecule has 0 saturated heterocycles. The van der Waals surface area contributed by atoms with Crippen molar-refractivity contribution in [2.75, 3.05) is 5.32 Å². The second kappa shape index (κ2) is 6.14. The number of nitrogens with zero attached hydrogens (tertiary/aromatic N) is 3. The monoisotopic (exact) mass is 338 g/mol. The summed E-state index contributed by atoms with van der Waals surface area (Å²) in [4.78, 5) is 24.9. The van der Waals surface area contributed by atoms with Gasteiger partial charge in [0.25, 0.3) is 5.91 Å². The second-order valence-electron chi connectivity index (χ2n) is 5.11. The van der Waals surface area contributed by atoms with E-state index in [1.807, 2.05) is 6.07 Å². The number of rotatable bonds is 2. The number of anilines is 1. The fourth-order valence-corrected chi connectivity index (χ4v) is 2.49. The molecule has 6 nitrogen and oxygen atoms in total. The molecule has 0 aliphatic heterocycles. The van der Waals surface area contributed by atoms with Crippen molar-refractivity contribution in [3.63, 3.8) is 0 Å². The van der Waals surface area contributed by atoms with Gasteiger partial charge >= 0.3 is 0 Å². The lowest BCUT2D eigenvalue weighted by molar-refractivity contribution is 0.101. The third-order valence-electron chi connectivity index (χ3n) is 3.50. The summed E-state index contributed by atoms with van der Waals surface area (Å²) < 4.78 is 1.46. The Labute approximate surface area is 141 Å². The molecule has 118 valence electrons. The maximum Gasteiger partial charge on any atom is 0.280 e. The lowest BCUT2D eigenvalue weighted by atomic mass is 10.2. The van der Waals surface area contributed by atoms with Crippen LogP contribution in [0.2, 0.25) is 5.02 Å². The van der Waals surface area contributed by atoms with Crippen LogP contribution in [0, 0.1) is 11.3 Å². The topological polar surface area (TPSA) is 87.8 Å². The van der Waals surface area contributed by atoms with Crippen molar-refractivity contribution >= 4 is 34.1 Å². The normalized spacial score (nSPS) is 10.4. The lowest BCUT2D eigenvalue weighted by Gasteiger charge is -2.09. The first-order chi connectivity index (χ1) is 11.5.